The number of carbonyl (C=O) groups excluding carboxylic acids is 1. The smallest absolute Gasteiger partial charge is 0.282 e. The van der Waals surface area contributed by atoms with Crippen molar-refractivity contribution in [3.05, 3.63) is 104 Å². The van der Waals surface area contributed by atoms with Gasteiger partial charge in [-0.05, 0) is 61.6 Å². The molecule has 3 aromatic carbocycles. The summed E-state index contributed by atoms with van der Waals surface area (Å²) in [5, 5.41) is 26.0. The number of thioether (sulfide) groups is 1. The summed E-state index contributed by atoms with van der Waals surface area (Å²) >= 11 is 8.64. The number of nitro benzene ring substituents is 2. The first-order valence-corrected chi connectivity index (χ1v) is 14.5. The molecule has 2 aliphatic rings. The van der Waals surface area contributed by atoms with Crippen molar-refractivity contribution in [2.24, 2.45) is 5.92 Å². The molecule has 5 rings (SSSR count). The molecule has 1 amide bonds. The van der Waals surface area contributed by atoms with Gasteiger partial charge in [-0.25, -0.2) is 0 Å². The number of nitro groups is 2. The van der Waals surface area contributed by atoms with E-state index in [1.807, 2.05) is 32.0 Å². The van der Waals surface area contributed by atoms with Gasteiger partial charge < -0.3 is 10.2 Å². The van der Waals surface area contributed by atoms with E-state index < -0.39 is 4.92 Å². The van der Waals surface area contributed by atoms with Gasteiger partial charge >= 0.3 is 0 Å². The minimum Gasteiger partial charge on any atom is -0.378 e. The highest BCUT2D eigenvalue weighted by Crippen LogP contribution is 2.58. The van der Waals surface area contributed by atoms with E-state index in [4.69, 9.17) is 11.6 Å². The van der Waals surface area contributed by atoms with Crippen LogP contribution < -0.4 is 5.32 Å². The molecule has 0 radical (unpaired) electrons. The van der Waals surface area contributed by atoms with E-state index in [1.54, 1.807) is 35.2 Å². The van der Waals surface area contributed by atoms with E-state index in [9.17, 15) is 25.0 Å². The largest absolute Gasteiger partial charge is 0.378 e. The van der Waals surface area contributed by atoms with Crippen LogP contribution in [-0.2, 0) is 0 Å². The summed E-state index contributed by atoms with van der Waals surface area (Å²) in [6.07, 6.45) is 0.665. The number of anilines is 1. The first kappa shape index (κ1) is 27.9. The normalized spacial score (nSPS) is 23.0. The topological polar surface area (TPSA) is 119 Å². The maximum absolute atomic E-state index is 13.2. The van der Waals surface area contributed by atoms with Crippen molar-refractivity contribution in [1.29, 1.82) is 0 Å². The molecule has 11 heteroatoms. The Hall–Kier alpha value is -3.63. The molecule has 208 valence electrons. The van der Waals surface area contributed by atoms with Gasteiger partial charge in [-0.1, -0.05) is 24.3 Å². The lowest BCUT2D eigenvalue weighted by Crippen LogP contribution is -2.33. The Morgan fingerprint density at radius 2 is 1.73 bits per heavy atom. The van der Waals surface area contributed by atoms with Gasteiger partial charge in [-0.15, -0.1) is 23.4 Å². The van der Waals surface area contributed by atoms with Crippen LogP contribution in [0.25, 0.3) is 0 Å². The zero-order chi connectivity index (χ0) is 28.6. The van der Waals surface area contributed by atoms with Crippen LogP contribution in [0.5, 0.6) is 0 Å². The molecule has 3 aromatic rings. The molecule has 0 spiro atoms. The third-order valence-electron chi connectivity index (χ3n) is 7.91. The molecule has 1 aliphatic carbocycles. The van der Waals surface area contributed by atoms with Crippen molar-refractivity contribution >= 4 is 46.3 Å². The minimum atomic E-state index is -0.422. The number of nitrogens with one attached hydrogen (secondary N) is 1. The Bertz CT molecular complexity index is 1450. The van der Waals surface area contributed by atoms with Crippen LogP contribution in [0.2, 0.25) is 0 Å². The van der Waals surface area contributed by atoms with Crippen molar-refractivity contribution in [3.63, 3.8) is 0 Å². The van der Waals surface area contributed by atoms with E-state index in [0.717, 1.165) is 16.8 Å². The Morgan fingerprint density at radius 1 is 1.02 bits per heavy atom. The number of non-ortho nitro benzene ring substituents is 1. The fourth-order valence-corrected chi connectivity index (χ4v) is 7.89. The zero-order valence-corrected chi connectivity index (χ0v) is 23.6. The van der Waals surface area contributed by atoms with Crippen LogP contribution in [-0.4, -0.2) is 44.4 Å². The predicted octanol–water partition coefficient (Wildman–Crippen LogP) is 7.02. The molecule has 40 heavy (non-hydrogen) atoms. The number of hydrogen-bond donors (Lipinski definition) is 1. The first-order chi connectivity index (χ1) is 19.2. The quantitative estimate of drug-likeness (QED) is 0.173. The van der Waals surface area contributed by atoms with Crippen LogP contribution >= 0.6 is 23.4 Å². The summed E-state index contributed by atoms with van der Waals surface area (Å²) in [5.74, 6) is -0.185. The maximum Gasteiger partial charge on any atom is 0.282 e. The zero-order valence-electron chi connectivity index (χ0n) is 22.0. The molecule has 0 aromatic heterocycles. The fraction of sp³-hybridized carbons (Fsp3) is 0.345. The molecule has 5 atom stereocenters. The lowest BCUT2D eigenvalue weighted by atomic mass is 9.76. The van der Waals surface area contributed by atoms with Gasteiger partial charge in [-0.2, -0.15) is 0 Å². The highest BCUT2D eigenvalue weighted by molar-refractivity contribution is 8.00. The van der Waals surface area contributed by atoms with Crippen molar-refractivity contribution < 1.29 is 14.6 Å². The second-order valence-electron chi connectivity index (χ2n) is 10.0. The van der Waals surface area contributed by atoms with Crippen molar-refractivity contribution in [3.8, 4) is 0 Å². The maximum atomic E-state index is 13.2. The molecular weight excluding hydrogens is 552 g/mol. The van der Waals surface area contributed by atoms with E-state index in [2.05, 4.69) is 5.32 Å². The first-order valence-electron chi connectivity index (χ1n) is 13.2. The van der Waals surface area contributed by atoms with Crippen LogP contribution in [0, 0.1) is 26.1 Å². The lowest BCUT2D eigenvalue weighted by molar-refractivity contribution is -0.387. The minimum absolute atomic E-state index is 0.00414. The number of alkyl halides is 1. The van der Waals surface area contributed by atoms with E-state index >= 15 is 0 Å². The summed E-state index contributed by atoms with van der Waals surface area (Å²) in [6.45, 7) is 5.10. The molecule has 1 saturated carbocycles. The second-order valence-corrected chi connectivity index (χ2v) is 11.8. The van der Waals surface area contributed by atoms with Crippen LogP contribution in [0.3, 0.4) is 0 Å². The third-order valence-corrected chi connectivity index (χ3v) is 10.0. The number of rotatable bonds is 8. The Kier molecular flexibility index (Phi) is 8.00. The van der Waals surface area contributed by atoms with Crippen LogP contribution in [0.1, 0.15) is 53.7 Å². The van der Waals surface area contributed by atoms with Crippen LogP contribution in [0.4, 0.5) is 17.1 Å². The number of amides is 1. The predicted molar refractivity (Wildman–Crippen MR) is 156 cm³/mol. The molecule has 1 aliphatic heterocycles. The number of fused-ring (bicyclic) bond motifs is 3. The van der Waals surface area contributed by atoms with Gasteiger partial charge in [0.25, 0.3) is 17.3 Å². The fourth-order valence-electron chi connectivity index (χ4n) is 5.95. The molecule has 0 saturated heterocycles. The molecule has 1 heterocycles. The molecule has 1 N–H and O–H groups in total. The number of carbonyl (C=O) groups is 1. The lowest BCUT2D eigenvalue weighted by Gasteiger charge is -2.38. The van der Waals surface area contributed by atoms with Crippen molar-refractivity contribution in [2.75, 3.05) is 18.4 Å². The monoisotopic (exact) mass is 580 g/mol. The molecular formula is C29H29ClN4O5S. The average Bonchev–Trinajstić information content (AvgIpc) is 3.29. The number of hydrogen-bond acceptors (Lipinski definition) is 7. The SMILES string of the molecule is CCN(CC)C(=O)c1ccc2c(c1)[C@@H]1[C@H](Cl)[C@H](Sc3ccccc3[N+](=O)[O-])C[C@H]1[C@@H](c1ccc([N+](=O)[O-])cc1)N2. The second kappa shape index (κ2) is 11.5. The van der Waals surface area contributed by atoms with Crippen molar-refractivity contribution in [2.45, 2.75) is 47.8 Å². The molecule has 0 unspecified atom stereocenters. The van der Waals surface area contributed by atoms with E-state index in [1.165, 1.54) is 30.0 Å². The summed E-state index contributed by atoms with van der Waals surface area (Å²) < 4.78 is 0. The molecule has 1 fully saturated rings. The van der Waals surface area contributed by atoms with Crippen LogP contribution in [0.15, 0.2) is 71.6 Å². The summed E-state index contributed by atoms with van der Waals surface area (Å²) in [6, 6.07) is 18.7. The highest BCUT2D eigenvalue weighted by atomic mass is 35.5. The van der Waals surface area contributed by atoms with Gasteiger partial charge in [0.15, 0.2) is 0 Å². The van der Waals surface area contributed by atoms with Gasteiger partial charge in [0.1, 0.15) is 0 Å². The van der Waals surface area contributed by atoms with E-state index in [0.29, 0.717) is 30.0 Å². The highest BCUT2D eigenvalue weighted by Gasteiger charge is 2.50. The Morgan fingerprint density at radius 3 is 2.38 bits per heavy atom. The Labute approximate surface area is 241 Å². The Balaban J connectivity index is 1.55. The summed E-state index contributed by atoms with van der Waals surface area (Å²) in [7, 11) is 0. The van der Waals surface area contributed by atoms with E-state index in [-0.39, 0.29) is 50.7 Å². The standard InChI is InChI=1S/C29H29ClN4O5S/c1-3-32(4-2)29(35)18-11-14-22-20(15-18)26-21(28(31-22)17-9-12-19(13-10-17)33(36)37)16-25(27(26)30)40-24-8-6-5-7-23(24)34(38)39/h5-15,21,25-28,31H,3-4,16H2,1-2H3/t21-,25-,26+,27-,28-/m1/s1. The van der Waals surface area contributed by atoms with Crippen molar-refractivity contribution in [1.82, 2.24) is 4.90 Å². The number of halogens is 1. The number of para-hydroxylation sites is 1. The number of benzene rings is 3. The average molecular weight is 581 g/mol. The molecule has 0 bridgehead atoms. The van der Waals surface area contributed by atoms with Gasteiger partial charge in [-0.3, -0.25) is 25.0 Å². The molecule has 9 nitrogen and oxygen atoms in total. The van der Waals surface area contributed by atoms with Gasteiger partial charge in [0.2, 0.25) is 0 Å². The van der Waals surface area contributed by atoms with Gasteiger partial charge in [0.05, 0.1) is 26.2 Å². The third kappa shape index (κ3) is 5.13. The number of nitrogens with zero attached hydrogens (tertiary/aromatic N) is 3. The summed E-state index contributed by atoms with van der Waals surface area (Å²) in [4.78, 5) is 37.6. The summed E-state index contributed by atoms with van der Waals surface area (Å²) in [5.41, 5.74) is 3.37. The van der Waals surface area contributed by atoms with Gasteiger partial charge in [0, 0.05) is 53.7 Å².